The van der Waals surface area contributed by atoms with Crippen LogP contribution in [0.1, 0.15) is 25.8 Å². The molecule has 1 aromatic carbocycles. The van der Waals surface area contributed by atoms with Crippen LogP contribution in [0.3, 0.4) is 0 Å². The molecule has 3 nitrogen and oxygen atoms in total. The van der Waals surface area contributed by atoms with E-state index in [1.165, 1.54) is 13.8 Å². The van der Waals surface area contributed by atoms with E-state index in [0.29, 0.717) is 0 Å². The molecule has 0 aliphatic rings. The summed E-state index contributed by atoms with van der Waals surface area (Å²) >= 11 is 0. The van der Waals surface area contributed by atoms with Gasteiger partial charge in [0.05, 0.1) is 21.8 Å². The zero-order chi connectivity index (χ0) is 14.8. The molecule has 0 spiro atoms. The zero-order valence-corrected chi connectivity index (χ0v) is 11.3. The highest BCUT2D eigenvalue weighted by molar-refractivity contribution is 7.92. The number of alkyl halides is 3. The molecule has 0 saturated carbocycles. The molecule has 0 radical (unpaired) electrons. The van der Waals surface area contributed by atoms with Gasteiger partial charge in [-0.2, -0.15) is 13.2 Å². The average Bonchev–Trinajstić information content (AvgIpc) is 2.27. The lowest BCUT2D eigenvalue weighted by atomic mass is 10.2. The molecule has 0 amide bonds. The minimum Gasteiger partial charge on any atom is -0.393 e. The number of aliphatic hydroxyl groups is 1. The molecule has 1 aromatic rings. The van der Waals surface area contributed by atoms with E-state index in [9.17, 15) is 26.7 Å². The molecule has 108 valence electrons. The van der Waals surface area contributed by atoms with Gasteiger partial charge in [-0.1, -0.05) is 0 Å². The summed E-state index contributed by atoms with van der Waals surface area (Å²) < 4.78 is 61.2. The largest absolute Gasteiger partial charge is 0.416 e. The van der Waals surface area contributed by atoms with Crippen molar-refractivity contribution in [3.63, 3.8) is 0 Å². The van der Waals surface area contributed by atoms with Gasteiger partial charge in [0.2, 0.25) is 0 Å². The fourth-order valence-electron chi connectivity index (χ4n) is 1.67. The minimum absolute atomic E-state index is 0.0311. The van der Waals surface area contributed by atoms with Gasteiger partial charge in [0, 0.05) is 0 Å². The standard InChI is InChI=1S/C12H15F3O3S/c1-8(16)7-9(2)19(17,18)11-5-3-10(4-6-11)12(13,14)15/h3-6,8-9,16H,7H2,1-2H3. The molecular formula is C12H15F3O3S. The van der Waals surface area contributed by atoms with Crippen molar-refractivity contribution in [2.24, 2.45) is 0 Å². The predicted molar refractivity (Wildman–Crippen MR) is 64.4 cm³/mol. The Bertz CT molecular complexity index is 518. The number of benzene rings is 1. The molecule has 2 unspecified atom stereocenters. The van der Waals surface area contributed by atoms with E-state index < -0.39 is 32.9 Å². The van der Waals surface area contributed by atoms with E-state index >= 15 is 0 Å². The monoisotopic (exact) mass is 296 g/mol. The molecule has 1 rings (SSSR count). The van der Waals surface area contributed by atoms with Crippen molar-refractivity contribution in [3.8, 4) is 0 Å². The normalized spacial score (nSPS) is 16.1. The highest BCUT2D eigenvalue weighted by Crippen LogP contribution is 2.30. The molecule has 0 bridgehead atoms. The number of sulfone groups is 1. The lowest BCUT2D eigenvalue weighted by Gasteiger charge is -2.15. The average molecular weight is 296 g/mol. The summed E-state index contributed by atoms with van der Waals surface area (Å²) in [4.78, 5) is -0.173. The first-order valence-corrected chi connectivity index (χ1v) is 7.19. The SMILES string of the molecule is CC(O)CC(C)S(=O)(=O)c1ccc(C(F)(F)F)cc1. The van der Waals surface area contributed by atoms with Crippen LogP contribution in [0.2, 0.25) is 0 Å². The maximum absolute atomic E-state index is 12.4. The van der Waals surface area contributed by atoms with E-state index in [1.807, 2.05) is 0 Å². The van der Waals surface area contributed by atoms with Crippen LogP contribution in [-0.4, -0.2) is 24.9 Å². The third kappa shape index (κ3) is 3.94. The van der Waals surface area contributed by atoms with Crippen LogP contribution in [0.4, 0.5) is 13.2 Å². The van der Waals surface area contributed by atoms with Gasteiger partial charge in [0.25, 0.3) is 0 Å². The lowest BCUT2D eigenvalue weighted by molar-refractivity contribution is -0.137. The highest BCUT2D eigenvalue weighted by Gasteiger charge is 2.31. The number of aliphatic hydroxyl groups excluding tert-OH is 1. The Kier molecular flexibility index (Phi) is 4.63. The van der Waals surface area contributed by atoms with E-state index in [-0.39, 0.29) is 11.3 Å². The second-order valence-electron chi connectivity index (χ2n) is 4.46. The Labute approximate surface area is 110 Å². The highest BCUT2D eigenvalue weighted by atomic mass is 32.2. The first-order valence-electron chi connectivity index (χ1n) is 5.64. The van der Waals surface area contributed by atoms with E-state index in [1.54, 1.807) is 0 Å². The van der Waals surface area contributed by atoms with Gasteiger partial charge in [-0.15, -0.1) is 0 Å². The predicted octanol–water partition coefficient (Wildman–Crippen LogP) is 2.64. The fraction of sp³-hybridized carbons (Fsp3) is 0.500. The fourth-order valence-corrected chi connectivity index (χ4v) is 3.18. The Balaban J connectivity index is 3.04. The smallest absolute Gasteiger partial charge is 0.393 e. The second-order valence-corrected chi connectivity index (χ2v) is 6.83. The van der Waals surface area contributed by atoms with Crippen LogP contribution in [0.25, 0.3) is 0 Å². The Morgan fingerprint density at radius 1 is 1.16 bits per heavy atom. The van der Waals surface area contributed by atoms with Crippen molar-refractivity contribution >= 4 is 9.84 Å². The van der Waals surface area contributed by atoms with Crippen molar-refractivity contribution in [1.82, 2.24) is 0 Å². The van der Waals surface area contributed by atoms with Crippen LogP contribution < -0.4 is 0 Å². The summed E-state index contributed by atoms with van der Waals surface area (Å²) in [6.45, 7) is 2.87. The molecule has 7 heteroatoms. The minimum atomic E-state index is -4.49. The number of hydrogen-bond acceptors (Lipinski definition) is 3. The van der Waals surface area contributed by atoms with Crippen molar-refractivity contribution < 1.29 is 26.7 Å². The topological polar surface area (TPSA) is 54.4 Å². The number of halogens is 3. The third-order valence-corrected chi connectivity index (χ3v) is 4.89. The van der Waals surface area contributed by atoms with Gasteiger partial charge in [-0.3, -0.25) is 0 Å². The van der Waals surface area contributed by atoms with Crippen LogP contribution in [0.5, 0.6) is 0 Å². The van der Waals surface area contributed by atoms with Crippen LogP contribution in [0.15, 0.2) is 29.2 Å². The molecule has 0 aromatic heterocycles. The lowest BCUT2D eigenvalue weighted by Crippen LogP contribution is -2.22. The Morgan fingerprint density at radius 3 is 2.00 bits per heavy atom. The molecule has 1 N–H and O–H groups in total. The number of rotatable bonds is 4. The zero-order valence-electron chi connectivity index (χ0n) is 10.5. The molecule has 0 fully saturated rings. The summed E-state index contributed by atoms with van der Waals surface area (Å²) in [6, 6.07) is 3.36. The van der Waals surface area contributed by atoms with E-state index in [0.717, 1.165) is 24.3 Å². The Hall–Kier alpha value is -1.08. The molecule has 19 heavy (non-hydrogen) atoms. The van der Waals surface area contributed by atoms with Gasteiger partial charge in [-0.05, 0) is 44.5 Å². The summed E-state index contributed by atoms with van der Waals surface area (Å²) in [5.74, 6) is 0. The second kappa shape index (κ2) is 5.50. The van der Waals surface area contributed by atoms with Gasteiger partial charge < -0.3 is 5.11 Å². The van der Waals surface area contributed by atoms with Gasteiger partial charge in [-0.25, -0.2) is 8.42 Å². The first kappa shape index (κ1) is 16.0. The van der Waals surface area contributed by atoms with E-state index in [2.05, 4.69) is 0 Å². The van der Waals surface area contributed by atoms with Crippen LogP contribution in [0, 0.1) is 0 Å². The number of hydrogen-bond donors (Lipinski definition) is 1. The molecule has 0 aliphatic heterocycles. The van der Waals surface area contributed by atoms with Crippen molar-refractivity contribution in [2.45, 2.75) is 42.7 Å². The van der Waals surface area contributed by atoms with Gasteiger partial charge in [0.1, 0.15) is 0 Å². The van der Waals surface area contributed by atoms with Crippen molar-refractivity contribution in [3.05, 3.63) is 29.8 Å². The Morgan fingerprint density at radius 2 is 1.63 bits per heavy atom. The van der Waals surface area contributed by atoms with Crippen molar-refractivity contribution in [1.29, 1.82) is 0 Å². The molecular weight excluding hydrogens is 281 g/mol. The third-order valence-electron chi connectivity index (χ3n) is 2.71. The molecule has 0 aliphatic carbocycles. The summed E-state index contributed by atoms with van der Waals surface area (Å²) in [5, 5.41) is 8.31. The molecule has 2 atom stereocenters. The maximum Gasteiger partial charge on any atom is 0.416 e. The van der Waals surface area contributed by atoms with Crippen LogP contribution >= 0.6 is 0 Å². The van der Waals surface area contributed by atoms with Crippen LogP contribution in [-0.2, 0) is 16.0 Å². The maximum atomic E-state index is 12.4. The van der Waals surface area contributed by atoms with Crippen molar-refractivity contribution in [2.75, 3.05) is 0 Å². The quantitative estimate of drug-likeness (QED) is 0.929. The molecule has 0 saturated heterocycles. The summed E-state index contributed by atoms with van der Waals surface area (Å²) in [6.07, 6.45) is -5.25. The van der Waals surface area contributed by atoms with E-state index in [4.69, 9.17) is 0 Å². The summed E-state index contributed by atoms with van der Waals surface area (Å²) in [5.41, 5.74) is -0.894. The van der Waals surface area contributed by atoms with Gasteiger partial charge >= 0.3 is 6.18 Å². The summed E-state index contributed by atoms with van der Waals surface area (Å²) in [7, 11) is -3.72. The molecule has 0 heterocycles. The first-order chi connectivity index (χ1) is 8.55. The van der Waals surface area contributed by atoms with Gasteiger partial charge in [0.15, 0.2) is 9.84 Å².